The number of nitrogens with zero attached hydrogens (tertiary/aromatic N) is 4. The summed E-state index contributed by atoms with van der Waals surface area (Å²) in [5, 5.41) is 8.15. The van der Waals surface area contributed by atoms with Crippen LogP contribution in [0.15, 0.2) is 65.5 Å². The average molecular weight is 425 g/mol. The second-order valence-corrected chi connectivity index (χ2v) is 7.22. The molecule has 6 nitrogen and oxygen atoms in total. The van der Waals surface area contributed by atoms with Crippen LogP contribution in [0.1, 0.15) is 11.1 Å². The van der Waals surface area contributed by atoms with Gasteiger partial charge in [-0.05, 0) is 64.4 Å². The van der Waals surface area contributed by atoms with E-state index in [4.69, 9.17) is 16.3 Å². The van der Waals surface area contributed by atoms with Crippen molar-refractivity contribution in [2.45, 2.75) is 13.5 Å². The van der Waals surface area contributed by atoms with Crippen LogP contribution in [0, 0.1) is 12.7 Å². The first kappa shape index (κ1) is 19.8. The summed E-state index contributed by atoms with van der Waals surface area (Å²) in [6.45, 7) is 2.11. The molecule has 0 radical (unpaired) electrons. The van der Waals surface area contributed by atoms with Gasteiger partial charge in [0.05, 0.1) is 10.7 Å². The molecule has 8 heteroatoms. The van der Waals surface area contributed by atoms with E-state index in [2.05, 4.69) is 10.4 Å². The van der Waals surface area contributed by atoms with Gasteiger partial charge in [-0.3, -0.25) is 0 Å². The Hall–Kier alpha value is -3.45. The van der Waals surface area contributed by atoms with E-state index < -0.39 is 0 Å². The van der Waals surface area contributed by atoms with Gasteiger partial charge >= 0.3 is 5.69 Å². The monoisotopic (exact) mass is 424 g/mol. The molecule has 3 aromatic carbocycles. The minimum atomic E-state index is -0.349. The highest BCUT2D eigenvalue weighted by Crippen LogP contribution is 2.32. The summed E-state index contributed by atoms with van der Waals surface area (Å²) >= 11 is 6.33. The topological polar surface area (TPSA) is 61.9 Å². The van der Waals surface area contributed by atoms with Gasteiger partial charge in [-0.2, -0.15) is 9.36 Å². The first-order valence-corrected chi connectivity index (χ1v) is 9.58. The zero-order valence-electron chi connectivity index (χ0n) is 16.3. The lowest BCUT2D eigenvalue weighted by atomic mass is 10.1. The summed E-state index contributed by atoms with van der Waals surface area (Å²) in [4.78, 5) is 12.3. The number of aromatic nitrogens is 4. The normalized spacial score (nSPS) is 10.9. The van der Waals surface area contributed by atoms with Crippen molar-refractivity contribution in [3.63, 3.8) is 0 Å². The molecule has 0 aliphatic heterocycles. The Bertz CT molecular complexity index is 1270. The van der Waals surface area contributed by atoms with Crippen molar-refractivity contribution in [2.24, 2.45) is 7.05 Å². The molecule has 30 heavy (non-hydrogen) atoms. The Kier molecular flexibility index (Phi) is 5.37. The van der Waals surface area contributed by atoms with E-state index in [1.165, 1.54) is 16.8 Å². The summed E-state index contributed by atoms with van der Waals surface area (Å²) in [6, 6.07) is 17.2. The maximum absolute atomic E-state index is 13.2. The molecule has 0 spiro atoms. The number of tetrazole rings is 1. The Labute approximate surface area is 177 Å². The van der Waals surface area contributed by atoms with Crippen LogP contribution in [0.25, 0.3) is 16.8 Å². The van der Waals surface area contributed by atoms with Gasteiger partial charge in [-0.1, -0.05) is 41.9 Å². The minimum Gasteiger partial charge on any atom is -0.487 e. The highest BCUT2D eigenvalue weighted by atomic mass is 35.5. The van der Waals surface area contributed by atoms with Gasteiger partial charge in [0.25, 0.3) is 0 Å². The number of ether oxygens (including phenoxy) is 1. The SMILES string of the molecule is Cc1cccc(-n2nnn(C)c2=O)c1COc1cc(-c2ccc(F)cc2)ccc1Cl. The lowest BCUT2D eigenvalue weighted by Gasteiger charge is -2.14. The van der Waals surface area contributed by atoms with E-state index in [9.17, 15) is 9.18 Å². The summed E-state index contributed by atoms with van der Waals surface area (Å²) in [7, 11) is 1.54. The number of rotatable bonds is 5. The van der Waals surface area contributed by atoms with Crippen molar-refractivity contribution in [2.75, 3.05) is 0 Å². The Balaban J connectivity index is 1.66. The van der Waals surface area contributed by atoms with Crippen LogP contribution in [0.4, 0.5) is 4.39 Å². The largest absolute Gasteiger partial charge is 0.487 e. The maximum atomic E-state index is 13.2. The highest BCUT2D eigenvalue weighted by Gasteiger charge is 2.14. The van der Waals surface area contributed by atoms with Crippen molar-refractivity contribution in [3.05, 3.63) is 93.1 Å². The van der Waals surface area contributed by atoms with Gasteiger partial charge in [-0.25, -0.2) is 9.18 Å². The quantitative estimate of drug-likeness (QED) is 0.479. The van der Waals surface area contributed by atoms with E-state index >= 15 is 0 Å². The number of benzene rings is 3. The summed E-state index contributed by atoms with van der Waals surface area (Å²) in [5.74, 6) is 0.190. The molecule has 0 bridgehead atoms. The van der Waals surface area contributed by atoms with Gasteiger partial charge < -0.3 is 4.74 Å². The molecule has 4 aromatic rings. The van der Waals surface area contributed by atoms with Crippen LogP contribution in [-0.4, -0.2) is 19.8 Å². The molecule has 152 valence electrons. The Morgan fingerprint density at radius 2 is 1.77 bits per heavy atom. The second-order valence-electron chi connectivity index (χ2n) is 6.81. The molecule has 1 aromatic heterocycles. The molecule has 0 atom stereocenters. The maximum Gasteiger partial charge on any atom is 0.368 e. The molecular weight excluding hydrogens is 407 g/mol. The van der Waals surface area contributed by atoms with Crippen molar-refractivity contribution >= 4 is 11.6 Å². The standard InChI is InChI=1S/C22H18ClFN4O2/c1-14-4-3-5-20(28-22(29)27(2)25-26-28)18(14)13-30-21-12-16(8-11-19(21)23)15-6-9-17(24)10-7-15/h3-12H,13H2,1-2H3. The molecule has 0 unspecified atom stereocenters. The van der Waals surface area contributed by atoms with E-state index in [0.717, 1.165) is 26.9 Å². The van der Waals surface area contributed by atoms with Gasteiger partial charge in [0.15, 0.2) is 0 Å². The number of hydrogen-bond acceptors (Lipinski definition) is 4. The van der Waals surface area contributed by atoms with E-state index in [-0.39, 0.29) is 18.1 Å². The summed E-state index contributed by atoms with van der Waals surface area (Å²) in [5.41, 5.74) is 3.68. The first-order valence-electron chi connectivity index (χ1n) is 9.20. The molecular formula is C22H18ClFN4O2. The molecule has 0 amide bonds. The van der Waals surface area contributed by atoms with Crippen molar-refractivity contribution in [1.29, 1.82) is 0 Å². The van der Waals surface area contributed by atoms with Crippen LogP contribution in [0.2, 0.25) is 5.02 Å². The lowest BCUT2D eigenvalue weighted by molar-refractivity contribution is 0.305. The first-order chi connectivity index (χ1) is 14.4. The molecule has 0 aliphatic carbocycles. The van der Waals surface area contributed by atoms with E-state index in [1.54, 1.807) is 31.3 Å². The number of aryl methyl sites for hydroxylation is 2. The average Bonchev–Trinajstić information content (AvgIpc) is 3.07. The van der Waals surface area contributed by atoms with Gasteiger partial charge in [-0.15, -0.1) is 0 Å². The summed E-state index contributed by atoms with van der Waals surface area (Å²) < 4.78 is 21.6. The van der Waals surface area contributed by atoms with Gasteiger partial charge in [0.1, 0.15) is 18.2 Å². The van der Waals surface area contributed by atoms with Crippen LogP contribution >= 0.6 is 11.6 Å². The third-order valence-electron chi connectivity index (χ3n) is 4.82. The number of hydrogen-bond donors (Lipinski definition) is 0. The molecule has 0 N–H and O–H groups in total. The Morgan fingerprint density at radius 1 is 1.03 bits per heavy atom. The minimum absolute atomic E-state index is 0.178. The smallest absolute Gasteiger partial charge is 0.368 e. The second kappa shape index (κ2) is 8.12. The van der Waals surface area contributed by atoms with Crippen LogP contribution < -0.4 is 10.4 Å². The fourth-order valence-corrected chi connectivity index (χ4v) is 3.30. The molecule has 0 saturated heterocycles. The van der Waals surface area contributed by atoms with Crippen LogP contribution in [0.5, 0.6) is 5.75 Å². The van der Waals surface area contributed by atoms with Crippen molar-refractivity contribution < 1.29 is 9.13 Å². The summed E-state index contributed by atoms with van der Waals surface area (Å²) in [6.07, 6.45) is 0. The van der Waals surface area contributed by atoms with E-state index in [1.807, 2.05) is 31.2 Å². The fraction of sp³-hybridized carbons (Fsp3) is 0.136. The predicted octanol–water partition coefficient (Wildman–Crippen LogP) is 4.31. The molecule has 4 rings (SSSR count). The highest BCUT2D eigenvalue weighted by molar-refractivity contribution is 6.32. The van der Waals surface area contributed by atoms with E-state index in [0.29, 0.717) is 16.5 Å². The van der Waals surface area contributed by atoms with Crippen molar-refractivity contribution in [1.82, 2.24) is 19.8 Å². The van der Waals surface area contributed by atoms with Gasteiger partial charge in [0, 0.05) is 12.6 Å². The lowest BCUT2D eigenvalue weighted by Crippen LogP contribution is -2.23. The van der Waals surface area contributed by atoms with Crippen LogP contribution in [-0.2, 0) is 13.7 Å². The molecule has 0 fully saturated rings. The van der Waals surface area contributed by atoms with Crippen molar-refractivity contribution in [3.8, 4) is 22.6 Å². The molecule has 0 aliphatic rings. The van der Waals surface area contributed by atoms with Crippen LogP contribution in [0.3, 0.4) is 0 Å². The predicted molar refractivity (Wildman–Crippen MR) is 113 cm³/mol. The zero-order valence-corrected chi connectivity index (χ0v) is 17.1. The molecule has 0 saturated carbocycles. The third-order valence-corrected chi connectivity index (χ3v) is 5.13. The fourth-order valence-electron chi connectivity index (χ4n) is 3.12. The Morgan fingerprint density at radius 3 is 2.47 bits per heavy atom. The van der Waals surface area contributed by atoms with Gasteiger partial charge in [0.2, 0.25) is 0 Å². The molecule has 1 heterocycles. The number of halogens is 2. The third kappa shape index (κ3) is 3.84. The zero-order chi connectivity index (χ0) is 21.3.